The number of rotatable bonds is 6. The minimum Gasteiger partial charge on any atom is -0.348 e. The van der Waals surface area contributed by atoms with Crippen LogP contribution in [0, 0.1) is 0 Å². The molecule has 0 unspecified atom stereocenters. The van der Waals surface area contributed by atoms with Crippen molar-refractivity contribution in [3.63, 3.8) is 0 Å². The summed E-state index contributed by atoms with van der Waals surface area (Å²) >= 11 is 0. The van der Waals surface area contributed by atoms with Crippen molar-refractivity contribution < 1.29 is 13.2 Å². The minimum absolute atomic E-state index is 0.157. The summed E-state index contributed by atoms with van der Waals surface area (Å²) < 4.78 is 25.0. The van der Waals surface area contributed by atoms with E-state index in [2.05, 4.69) is 16.3 Å². The van der Waals surface area contributed by atoms with Gasteiger partial charge in [-0.3, -0.25) is 9.10 Å². The van der Waals surface area contributed by atoms with E-state index in [0.29, 0.717) is 30.8 Å². The Kier molecular flexibility index (Phi) is 5.53. The van der Waals surface area contributed by atoms with Crippen molar-refractivity contribution >= 4 is 21.6 Å². The summed E-state index contributed by atoms with van der Waals surface area (Å²) in [6.45, 7) is 1.69. The van der Waals surface area contributed by atoms with Crippen molar-refractivity contribution in [1.29, 1.82) is 0 Å². The lowest BCUT2D eigenvalue weighted by molar-refractivity contribution is 0.0950. The fraction of sp³-hybridized carbons (Fsp3) is 0.350. The number of benzene rings is 2. The maximum Gasteiger partial charge on any atom is 0.251 e. The predicted octanol–water partition coefficient (Wildman–Crippen LogP) is 2.00. The molecule has 7 heteroatoms. The number of sulfonamides is 1. The van der Waals surface area contributed by atoms with Gasteiger partial charge in [0.2, 0.25) is 10.0 Å². The van der Waals surface area contributed by atoms with Gasteiger partial charge in [0.05, 0.1) is 11.9 Å². The van der Waals surface area contributed by atoms with E-state index in [9.17, 15) is 13.2 Å². The number of carbonyl (C=O) groups excluding carboxylic acids is 1. The zero-order valence-corrected chi connectivity index (χ0v) is 16.7. The van der Waals surface area contributed by atoms with Crippen molar-refractivity contribution in [3.05, 3.63) is 64.7 Å². The molecule has 0 radical (unpaired) electrons. The molecule has 0 atom stereocenters. The van der Waals surface area contributed by atoms with Crippen LogP contribution in [0.4, 0.5) is 5.69 Å². The molecule has 0 saturated carbocycles. The Bertz CT molecular complexity index is 955. The highest BCUT2D eigenvalue weighted by Crippen LogP contribution is 2.30. The number of fused-ring (bicyclic) bond motifs is 1. The fourth-order valence-corrected chi connectivity index (χ4v) is 4.32. The smallest absolute Gasteiger partial charge is 0.251 e. The molecule has 2 aromatic rings. The molecule has 0 aliphatic carbocycles. The fourth-order valence-electron chi connectivity index (χ4n) is 3.36. The summed E-state index contributed by atoms with van der Waals surface area (Å²) in [6.07, 6.45) is 1.82. The van der Waals surface area contributed by atoms with Crippen LogP contribution >= 0.6 is 0 Å². The van der Waals surface area contributed by atoms with Gasteiger partial charge in [-0.25, -0.2) is 8.42 Å². The number of nitrogens with one attached hydrogen (secondary N) is 1. The third kappa shape index (κ3) is 4.48. The molecule has 0 spiro atoms. The lowest BCUT2D eigenvalue weighted by atomic mass is 10.1. The van der Waals surface area contributed by atoms with E-state index in [1.807, 2.05) is 32.3 Å². The third-order valence-electron chi connectivity index (χ3n) is 4.64. The van der Waals surface area contributed by atoms with Gasteiger partial charge in [-0.2, -0.15) is 0 Å². The Morgan fingerprint density at radius 1 is 1.15 bits per heavy atom. The standard InChI is InChI=1S/C20H25N3O3S/c1-22(2)14-18-7-5-4-6-17(18)13-21-20(24)16-8-9-19-15(12-16)10-11-23(19)27(3,25)26/h4-9,12H,10-11,13-14H2,1-3H3,(H,21,24). The molecule has 2 aromatic carbocycles. The Labute approximate surface area is 160 Å². The van der Waals surface area contributed by atoms with E-state index in [0.717, 1.165) is 17.7 Å². The monoisotopic (exact) mass is 387 g/mol. The zero-order valence-electron chi connectivity index (χ0n) is 15.9. The van der Waals surface area contributed by atoms with Crippen LogP contribution in [0.3, 0.4) is 0 Å². The number of anilines is 1. The summed E-state index contributed by atoms with van der Waals surface area (Å²) in [5, 5.41) is 2.97. The van der Waals surface area contributed by atoms with Crippen LogP contribution in [0.5, 0.6) is 0 Å². The molecule has 0 saturated heterocycles. The quantitative estimate of drug-likeness (QED) is 0.823. The highest BCUT2D eigenvalue weighted by Gasteiger charge is 2.26. The van der Waals surface area contributed by atoms with E-state index >= 15 is 0 Å². The molecule has 0 fully saturated rings. The van der Waals surface area contributed by atoms with E-state index in [-0.39, 0.29) is 5.91 Å². The lowest BCUT2D eigenvalue weighted by Gasteiger charge is -2.17. The molecule has 1 N–H and O–H groups in total. The average molecular weight is 388 g/mol. The first-order valence-electron chi connectivity index (χ1n) is 8.86. The second kappa shape index (κ2) is 7.70. The number of hydrogen-bond donors (Lipinski definition) is 1. The summed E-state index contributed by atoms with van der Waals surface area (Å²) in [5.41, 5.74) is 4.38. The van der Waals surface area contributed by atoms with Crippen molar-refractivity contribution in [2.75, 3.05) is 31.2 Å². The minimum atomic E-state index is -3.28. The van der Waals surface area contributed by atoms with Gasteiger partial charge in [0, 0.05) is 25.2 Å². The number of carbonyl (C=O) groups is 1. The van der Waals surface area contributed by atoms with Crippen LogP contribution in [-0.4, -0.2) is 46.1 Å². The molecule has 27 heavy (non-hydrogen) atoms. The molecule has 1 heterocycles. The predicted molar refractivity (Wildman–Crippen MR) is 107 cm³/mol. The van der Waals surface area contributed by atoms with Crippen LogP contribution in [0.25, 0.3) is 0 Å². The molecule has 144 valence electrons. The molecular formula is C20H25N3O3S. The topological polar surface area (TPSA) is 69.7 Å². The van der Waals surface area contributed by atoms with Gasteiger partial charge in [-0.05, 0) is 55.4 Å². The summed E-state index contributed by atoms with van der Waals surface area (Å²) in [5.74, 6) is -0.157. The van der Waals surface area contributed by atoms with Crippen molar-refractivity contribution in [2.24, 2.45) is 0 Å². The Morgan fingerprint density at radius 2 is 1.85 bits per heavy atom. The maximum absolute atomic E-state index is 12.6. The number of hydrogen-bond acceptors (Lipinski definition) is 4. The largest absolute Gasteiger partial charge is 0.348 e. The molecular weight excluding hydrogens is 362 g/mol. The summed E-state index contributed by atoms with van der Waals surface area (Å²) in [4.78, 5) is 14.7. The van der Waals surface area contributed by atoms with Gasteiger partial charge in [-0.1, -0.05) is 24.3 Å². The van der Waals surface area contributed by atoms with Gasteiger partial charge in [-0.15, -0.1) is 0 Å². The van der Waals surface area contributed by atoms with E-state index in [1.165, 1.54) is 16.1 Å². The zero-order chi connectivity index (χ0) is 19.6. The maximum atomic E-state index is 12.6. The van der Waals surface area contributed by atoms with E-state index < -0.39 is 10.0 Å². The number of nitrogens with zero attached hydrogens (tertiary/aromatic N) is 2. The van der Waals surface area contributed by atoms with Crippen LogP contribution < -0.4 is 9.62 Å². The first kappa shape index (κ1) is 19.4. The van der Waals surface area contributed by atoms with E-state index in [1.54, 1.807) is 18.2 Å². The third-order valence-corrected chi connectivity index (χ3v) is 5.82. The van der Waals surface area contributed by atoms with Gasteiger partial charge < -0.3 is 10.2 Å². The second-order valence-electron chi connectivity index (χ2n) is 7.12. The van der Waals surface area contributed by atoms with Crippen molar-refractivity contribution in [2.45, 2.75) is 19.5 Å². The molecule has 3 rings (SSSR count). The first-order valence-corrected chi connectivity index (χ1v) is 10.7. The molecule has 1 aliphatic heterocycles. The lowest BCUT2D eigenvalue weighted by Crippen LogP contribution is -2.27. The van der Waals surface area contributed by atoms with Crippen LogP contribution in [0.15, 0.2) is 42.5 Å². The van der Waals surface area contributed by atoms with Gasteiger partial charge in [0.1, 0.15) is 0 Å². The van der Waals surface area contributed by atoms with Crippen LogP contribution in [0.1, 0.15) is 27.0 Å². The van der Waals surface area contributed by atoms with Gasteiger partial charge in [0.15, 0.2) is 0 Å². The Balaban J connectivity index is 1.72. The second-order valence-corrected chi connectivity index (χ2v) is 9.02. The van der Waals surface area contributed by atoms with Crippen molar-refractivity contribution in [3.8, 4) is 0 Å². The first-order chi connectivity index (χ1) is 12.8. The molecule has 1 aliphatic rings. The Hall–Kier alpha value is -2.38. The highest BCUT2D eigenvalue weighted by atomic mass is 32.2. The average Bonchev–Trinajstić information content (AvgIpc) is 3.03. The van der Waals surface area contributed by atoms with Gasteiger partial charge in [0.25, 0.3) is 5.91 Å². The highest BCUT2D eigenvalue weighted by molar-refractivity contribution is 7.92. The molecule has 6 nitrogen and oxygen atoms in total. The molecule has 1 amide bonds. The summed E-state index contributed by atoms with van der Waals surface area (Å²) in [7, 11) is 0.746. The Morgan fingerprint density at radius 3 is 2.52 bits per heavy atom. The van der Waals surface area contributed by atoms with Crippen LogP contribution in [0.2, 0.25) is 0 Å². The normalized spacial score (nSPS) is 13.7. The summed E-state index contributed by atoms with van der Waals surface area (Å²) in [6, 6.07) is 13.2. The number of amides is 1. The molecule has 0 aromatic heterocycles. The SMILES string of the molecule is CN(C)Cc1ccccc1CNC(=O)c1ccc2c(c1)CCN2S(C)(=O)=O. The van der Waals surface area contributed by atoms with Crippen LogP contribution in [-0.2, 0) is 29.5 Å². The van der Waals surface area contributed by atoms with Gasteiger partial charge >= 0.3 is 0 Å². The molecule has 0 bridgehead atoms. The van der Waals surface area contributed by atoms with E-state index in [4.69, 9.17) is 0 Å². The van der Waals surface area contributed by atoms with Crippen molar-refractivity contribution in [1.82, 2.24) is 10.2 Å².